The molecular formula is C11H17NO2. The lowest BCUT2D eigenvalue weighted by molar-refractivity contribution is 0.0503. The molecule has 1 aromatic rings. The van der Waals surface area contributed by atoms with Gasteiger partial charge in [-0.25, -0.2) is 0 Å². The fourth-order valence-electron chi connectivity index (χ4n) is 1.27. The second-order valence-corrected chi connectivity index (χ2v) is 3.19. The Balaban J connectivity index is 2.68. The van der Waals surface area contributed by atoms with Crippen LogP contribution in [0.25, 0.3) is 0 Å². The third-order valence-corrected chi connectivity index (χ3v) is 1.93. The second-order valence-electron chi connectivity index (χ2n) is 3.19. The number of aromatic nitrogens is 1. The second kappa shape index (κ2) is 5.60. The molecule has 1 rings (SSSR count). The molecule has 1 aromatic heterocycles. The van der Waals surface area contributed by atoms with Crippen LogP contribution >= 0.6 is 0 Å². The van der Waals surface area contributed by atoms with Gasteiger partial charge in [-0.3, -0.25) is 4.98 Å². The average Bonchev–Trinajstić information content (AvgIpc) is 2.17. The van der Waals surface area contributed by atoms with E-state index in [1.807, 2.05) is 19.1 Å². The molecule has 78 valence electrons. The van der Waals surface area contributed by atoms with Crippen LogP contribution in [-0.2, 0) is 11.2 Å². The number of rotatable bonds is 5. The van der Waals surface area contributed by atoms with Crippen molar-refractivity contribution in [2.24, 2.45) is 0 Å². The van der Waals surface area contributed by atoms with Crippen molar-refractivity contribution in [3.05, 3.63) is 23.5 Å². The van der Waals surface area contributed by atoms with Crippen LogP contribution in [-0.4, -0.2) is 18.9 Å². The molecule has 3 heteroatoms. The number of nitrogens with zero attached hydrogens (tertiary/aromatic N) is 1. The zero-order valence-corrected chi connectivity index (χ0v) is 9.04. The largest absolute Gasteiger partial charge is 0.466 e. The maximum atomic E-state index is 5.33. The molecule has 0 aromatic carbocycles. The molecule has 0 radical (unpaired) electrons. The van der Waals surface area contributed by atoms with Gasteiger partial charge in [-0.15, -0.1) is 0 Å². The first kappa shape index (κ1) is 11.0. The van der Waals surface area contributed by atoms with Gasteiger partial charge in [0.05, 0.1) is 5.69 Å². The van der Waals surface area contributed by atoms with Crippen molar-refractivity contribution in [1.29, 1.82) is 0 Å². The summed E-state index contributed by atoms with van der Waals surface area (Å²) in [5.74, 6) is 0.798. The number of methoxy groups -OCH3 is 1. The molecule has 0 unspecified atom stereocenters. The fourth-order valence-corrected chi connectivity index (χ4v) is 1.27. The Bertz CT molecular complexity index is 287. The predicted octanol–water partition coefficient (Wildman–Crippen LogP) is 2.33. The summed E-state index contributed by atoms with van der Waals surface area (Å²) in [5, 5.41) is 0. The van der Waals surface area contributed by atoms with E-state index in [0.29, 0.717) is 0 Å². The zero-order valence-electron chi connectivity index (χ0n) is 9.04. The SMILES string of the molecule is CCCc1ccc(OCOC)c(C)n1. The average molecular weight is 195 g/mol. The van der Waals surface area contributed by atoms with Crippen LogP contribution < -0.4 is 4.74 Å². The smallest absolute Gasteiger partial charge is 0.188 e. The standard InChI is InChI=1S/C11H17NO2/c1-4-5-10-6-7-11(9(2)12-10)14-8-13-3/h6-7H,4-5,8H2,1-3H3. The molecular weight excluding hydrogens is 178 g/mol. The van der Waals surface area contributed by atoms with E-state index >= 15 is 0 Å². The van der Waals surface area contributed by atoms with Crippen LogP contribution in [0.1, 0.15) is 24.7 Å². The maximum Gasteiger partial charge on any atom is 0.188 e. The predicted molar refractivity (Wildman–Crippen MR) is 55.5 cm³/mol. The number of pyridine rings is 1. The van der Waals surface area contributed by atoms with Gasteiger partial charge >= 0.3 is 0 Å². The maximum absolute atomic E-state index is 5.33. The molecule has 0 aliphatic rings. The summed E-state index contributed by atoms with van der Waals surface area (Å²) >= 11 is 0. The highest BCUT2D eigenvalue weighted by Gasteiger charge is 2.01. The first-order valence-corrected chi connectivity index (χ1v) is 4.86. The van der Waals surface area contributed by atoms with E-state index < -0.39 is 0 Å². The minimum Gasteiger partial charge on any atom is -0.466 e. The quantitative estimate of drug-likeness (QED) is 0.676. The summed E-state index contributed by atoms with van der Waals surface area (Å²) in [6.45, 7) is 4.37. The minimum absolute atomic E-state index is 0.273. The van der Waals surface area contributed by atoms with Crippen molar-refractivity contribution in [2.45, 2.75) is 26.7 Å². The number of ether oxygens (including phenoxy) is 2. The molecule has 0 bridgehead atoms. The number of hydrogen-bond acceptors (Lipinski definition) is 3. The van der Waals surface area contributed by atoms with Gasteiger partial charge < -0.3 is 9.47 Å². The normalized spacial score (nSPS) is 10.2. The Morgan fingerprint density at radius 2 is 2.14 bits per heavy atom. The molecule has 0 aliphatic carbocycles. The first-order chi connectivity index (χ1) is 6.77. The Labute approximate surface area is 85.1 Å². The van der Waals surface area contributed by atoms with Crippen LogP contribution in [0.2, 0.25) is 0 Å². The van der Waals surface area contributed by atoms with E-state index in [1.54, 1.807) is 7.11 Å². The Morgan fingerprint density at radius 3 is 2.71 bits per heavy atom. The van der Waals surface area contributed by atoms with Crippen molar-refractivity contribution < 1.29 is 9.47 Å². The van der Waals surface area contributed by atoms with E-state index in [1.165, 1.54) is 0 Å². The highest BCUT2D eigenvalue weighted by molar-refractivity contribution is 5.28. The molecule has 0 fully saturated rings. The summed E-state index contributed by atoms with van der Waals surface area (Å²) in [5.41, 5.74) is 2.04. The topological polar surface area (TPSA) is 31.4 Å². The van der Waals surface area contributed by atoms with Crippen LogP contribution in [0.3, 0.4) is 0 Å². The highest BCUT2D eigenvalue weighted by Crippen LogP contribution is 2.16. The summed E-state index contributed by atoms with van der Waals surface area (Å²) in [6, 6.07) is 3.95. The summed E-state index contributed by atoms with van der Waals surface area (Å²) in [4.78, 5) is 4.44. The molecule has 0 aliphatic heterocycles. The molecule has 14 heavy (non-hydrogen) atoms. The Kier molecular flexibility index (Phi) is 4.40. The first-order valence-electron chi connectivity index (χ1n) is 4.86. The molecule has 0 N–H and O–H groups in total. The van der Waals surface area contributed by atoms with Gasteiger partial charge in [0.25, 0.3) is 0 Å². The lowest BCUT2D eigenvalue weighted by Gasteiger charge is -2.08. The van der Waals surface area contributed by atoms with E-state index in [2.05, 4.69) is 11.9 Å². The van der Waals surface area contributed by atoms with Gasteiger partial charge in [0.15, 0.2) is 6.79 Å². The third-order valence-electron chi connectivity index (χ3n) is 1.93. The van der Waals surface area contributed by atoms with Crippen molar-refractivity contribution in [3.63, 3.8) is 0 Å². The molecule has 3 nitrogen and oxygen atoms in total. The number of hydrogen-bond donors (Lipinski definition) is 0. The van der Waals surface area contributed by atoms with E-state index in [-0.39, 0.29) is 6.79 Å². The fraction of sp³-hybridized carbons (Fsp3) is 0.545. The van der Waals surface area contributed by atoms with Gasteiger partial charge in [-0.2, -0.15) is 0 Å². The van der Waals surface area contributed by atoms with Crippen molar-refractivity contribution in [1.82, 2.24) is 4.98 Å². The molecule has 0 atom stereocenters. The summed E-state index contributed by atoms with van der Waals surface area (Å²) in [6.07, 6.45) is 2.14. The van der Waals surface area contributed by atoms with Crippen LogP contribution in [0.5, 0.6) is 5.75 Å². The van der Waals surface area contributed by atoms with Crippen molar-refractivity contribution in [2.75, 3.05) is 13.9 Å². The van der Waals surface area contributed by atoms with Gasteiger partial charge in [-0.05, 0) is 25.5 Å². The van der Waals surface area contributed by atoms with Gasteiger partial charge in [0, 0.05) is 12.8 Å². The third kappa shape index (κ3) is 3.00. The van der Waals surface area contributed by atoms with Crippen molar-refractivity contribution >= 4 is 0 Å². The zero-order chi connectivity index (χ0) is 10.4. The lowest BCUT2D eigenvalue weighted by Crippen LogP contribution is -2.02. The number of aryl methyl sites for hydroxylation is 2. The molecule has 0 amide bonds. The molecule has 0 spiro atoms. The molecule has 0 saturated carbocycles. The minimum atomic E-state index is 0.273. The summed E-state index contributed by atoms with van der Waals surface area (Å²) in [7, 11) is 1.61. The van der Waals surface area contributed by atoms with Gasteiger partial charge in [0.2, 0.25) is 0 Å². The Morgan fingerprint density at radius 1 is 1.36 bits per heavy atom. The van der Waals surface area contributed by atoms with Gasteiger partial charge in [-0.1, -0.05) is 13.3 Å². The van der Waals surface area contributed by atoms with Crippen molar-refractivity contribution in [3.8, 4) is 5.75 Å². The van der Waals surface area contributed by atoms with Crippen LogP contribution in [0.4, 0.5) is 0 Å². The monoisotopic (exact) mass is 195 g/mol. The highest BCUT2D eigenvalue weighted by atomic mass is 16.7. The lowest BCUT2D eigenvalue weighted by atomic mass is 10.2. The van der Waals surface area contributed by atoms with Crippen LogP contribution in [0.15, 0.2) is 12.1 Å². The van der Waals surface area contributed by atoms with E-state index in [4.69, 9.17) is 9.47 Å². The van der Waals surface area contributed by atoms with E-state index in [9.17, 15) is 0 Å². The molecule has 1 heterocycles. The summed E-state index contributed by atoms with van der Waals surface area (Å²) < 4.78 is 10.2. The van der Waals surface area contributed by atoms with E-state index in [0.717, 1.165) is 30.0 Å². The van der Waals surface area contributed by atoms with Gasteiger partial charge in [0.1, 0.15) is 5.75 Å². The van der Waals surface area contributed by atoms with Crippen LogP contribution in [0, 0.1) is 6.92 Å². The Hall–Kier alpha value is -1.09. The molecule has 0 saturated heterocycles.